The molecule has 0 radical (unpaired) electrons. The summed E-state index contributed by atoms with van der Waals surface area (Å²) in [5.74, 6) is 0. The Balaban J connectivity index is 2.99. The summed E-state index contributed by atoms with van der Waals surface area (Å²) in [7, 11) is 3.17. The lowest BCUT2D eigenvalue weighted by Gasteiger charge is -2.24. The molecule has 1 aromatic carbocycles. The van der Waals surface area contributed by atoms with E-state index in [4.69, 9.17) is 5.73 Å². The van der Waals surface area contributed by atoms with Gasteiger partial charge in [0.05, 0.1) is 0 Å². The monoisotopic (exact) mass is 231 g/mol. The smallest absolute Gasteiger partial charge is 0.0484 e. The molecule has 0 amide bonds. The summed E-state index contributed by atoms with van der Waals surface area (Å²) in [6.07, 6.45) is 0. The maximum atomic E-state index is 5.89. The number of hydrogen-bond acceptors (Lipinski definition) is 4. The predicted octanol–water partition coefficient (Wildman–Crippen LogP) is 3.73. The Kier molecular flexibility index (Phi) is 3.88. The van der Waals surface area contributed by atoms with E-state index >= 15 is 0 Å². The molecule has 0 unspecified atom stereocenters. The first kappa shape index (κ1) is 11.1. The van der Waals surface area contributed by atoms with Crippen molar-refractivity contribution in [2.24, 2.45) is 0 Å². The van der Waals surface area contributed by atoms with Crippen molar-refractivity contribution in [2.45, 2.75) is 18.6 Å². The van der Waals surface area contributed by atoms with Crippen LogP contribution in [0.1, 0.15) is 19.4 Å². The van der Waals surface area contributed by atoms with E-state index < -0.39 is 0 Å². The Labute approximate surface area is 92.1 Å². The van der Waals surface area contributed by atoms with Crippen LogP contribution in [0.2, 0.25) is 0 Å². The maximum absolute atomic E-state index is 5.89. The lowest BCUT2D eigenvalue weighted by molar-refractivity contribution is 0.793. The zero-order chi connectivity index (χ0) is 9.90. The van der Waals surface area contributed by atoms with Crippen molar-refractivity contribution in [2.75, 3.05) is 5.73 Å². The average Bonchev–Trinajstić information content (AvgIpc) is 2.04. The van der Waals surface area contributed by atoms with Crippen molar-refractivity contribution in [3.8, 4) is 0 Å². The van der Waals surface area contributed by atoms with Gasteiger partial charge in [0.15, 0.2) is 0 Å². The molecule has 1 aromatic rings. The lowest BCUT2D eigenvalue weighted by atomic mass is 10.0. The van der Waals surface area contributed by atoms with E-state index in [9.17, 15) is 0 Å². The average molecular weight is 231 g/mol. The van der Waals surface area contributed by atoms with Gasteiger partial charge in [0.1, 0.15) is 0 Å². The Morgan fingerprint density at radius 1 is 1.31 bits per heavy atom. The number of nitrogens with two attached hydrogens (primary N) is 1. The minimum Gasteiger partial charge on any atom is -0.398 e. The molecular formula is C9H13NS3. The van der Waals surface area contributed by atoms with Crippen molar-refractivity contribution in [3.63, 3.8) is 0 Å². The van der Waals surface area contributed by atoms with Gasteiger partial charge in [-0.2, -0.15) is 0 Å². The van der Waals surface area contributed by atoms with Crippen molar-refractivity contribution in [1.82, 2.24) is 0 Å². The lowest BCUT2D eigenvalue weighted by Crippen LogP contribution is -2.12. The molecule has 72 valence electrons. The van der Waals surface area contributed by atoms with Crippen LogP contribution < -0.4 is 5.73 Å². The zero-order valence-electron chi connectivity index (χ0n) is 7.65. The number of rotatable bonds is 3. The second kappa shape index (κ2) is 4.53. The second-order valence-electron chi connectivity index (χ2n) is 3.26. The fraction of sp³-hybridized carbons (Fsp3) is 0.333. The van der Waals surface area contributed by atoms with Crippen molar-refractivity contribution in [3.05, 3.63) is 29.8 Å². The van der Waals surface area contributed by atoms with Gasteiger partial charge in [-0.15, -0.1) is 0 Å². The quantitative estimate of drug-likeness (QED) is 0.471. The summed E-state index contributed by atoms with van der Waals surface area (Å²) in [6.45, 7) is 4.29. The second-order valence-corrected chi connectivity index (χ2v) is 6.88. The first-order valence-electron chi connectivity index (χ1n) is 3.92. The molecule has 13 heavy (non-hydrogen) atoms. The number of nitrogen functional groups attached to an aromatic ring is 1. The van der Waals surface area contributed by atoms with Gasteiger partial charge in [-0.3, -0.25) is 0 Å². The van der Waals surface area contributed by atoms with Crippen LogP contribution in [0, 0.1) is 0 Å². The number of benzene rings is 1. The summed E-state index contributed by atoms with van der Waals surface area (Å²) < 4.78 is 0.0117. The molecule has 0 bridgehead atoms. The number of para-hydroxylation sites is 1. The van der Waals surface area contributed by atoms with Gasteiger partial charge in [0.2, 0.25) is 0 Å². The van der Waals surface area contributed by atoms with Gasteiger partial charge in [-0.25, -0.2) is 0 Å². The van der Waals surface area contributed by atoms with Gasteiger partial charge < -0.3 is 5.73 Å². The minimum atomic E-state index is 0.0117. The third kappa shape index (κ3) is 2.76. The number of thiol groups is 1. The van der Waals surface area contributed by atoms with Gasteiger partial charge >= 0.3 is 0 Å². The van der Waals surface area contributed by atoms with E-state index in [0.717, 1.165) is 5.69 Å². The van der Waals surface area contributed by atoms with Gasteiger partial charge in [0.25, 0.3) is 0 Å². The van der Waals surface area contributed by atoms with Crippen molar-refractivity contribution in [1.29, 1.82) is 0 Å². The molecule has 0 atom stereocenters. The summed E-state index contributed by atoms with van der Waals surface area (Å²) in [4.78, 5) is 0. The summed E-state index contributed by atoms with van der Waals surface area (Å²) in [5, 5.41) is 0. The molecule has 4 heteroatoms. The van der Waals surface area contributed by atoms with E-state index in [-0.39, 0.29) is 4.75 Å². The Bertz CT molecular complexity index is 286. The molecule has 1 rings (SSSR count). The molecule has 0 heterocycles. The molecule has 0 aliphatic heterocycles. The maximum Gasteiger partial charge on any atom is 0.0484 e. The van der Waals surface area contributed by atoms with E-state index in [1.807, 2.05) is 18.2 Å². The molecule has 0 saturated heterocycles. The predicted molar refractivity (Wildman–Crippen MR) is 68.0 cm³/mol. The van der Waals surface area contributed by atoms with Crippen molar-refractivity contribution >= 4 is 38.0 Å². The zero-order valence-corrected chi connectivity index (χ0v) is 10.2. The molecule has 1 nitrogen and oxygen atoms in total. The Morgan fingerprint density at radius 2 is 1.92 bits per heavy atom. The molecule has 0 fully saturated rings. The van der Waals surface area contributed by atoms with Crippen LogP contribution in [0.25, 0.3) is 0 Å². The first-order valence-corrected chi connectivity index (χ1v) is 7.12. The van der Waals surface area contributed by atoms with Gasteiger partial charge in [-0.05, 0) is 35.3 Å². The highest BCUT2D eigenvalue weighted by molar-refractivity contribution is 9.05. The standard InChI is InChI=1S/C9H13NS3/c1-9(2,12-13-11)7-5-3-4-6-8(7)10/h3-6,11H,10H2,1-2H3. The fourth-order valence-electron chi connectivity index (χ4n) is 1.18. The topological polar surface area (TPSA) is 26.0 Å². The van der Waals surface area contributed by atoms with Crippen LogP contribution in [0.15, 0.2) is 24.3 Å². The molecule has 2 N–H and O–H groups in total. The van der Waals surface area contributed by atoms with Crippen LogP contribution >= 0.6 is 32.3 Å². The summed E-state index contributed by atoms with van der Waals surface area (Å²) in [6, 6.07) is 7.96. The van der Waals surface area contributed by atoms with E-state index in [1.54, 1.807) is 10.8 Å². The molecule has 0 spiro atoms. The number of hydrogen-bond donors (Lipinski definition) is 2. The minimum absolute atomic E-state index is 0.0117. The number of anilines is 1. The normalized spacial score (nSPS) is 11.6. The molecule has 0 saturated carbocycles. The van der Waals surface area contributed by atoms with Gasteiger partial charge in [-0.1, -0.05) is 40.7 Å². The van der Waals surface area contributed by atoms with Gasteiger partial charge in [0, 0.05) is 10.4 Å². The molecular weight excluding hydrogens is 218 g/mol. The third-order valence-corrected chi connectivity index (χ3v) is 4.71. The SMILES string of the molecule is CC(C)(SSS)c1ccccc1N. The van der Waals surface area contributed by atoms with Crippen LogP contribution in [0.5, 0.6) is 0 Å². The highest BCUT2D eigenvalue weighted by Gasteiger charge is 2.23. The van der Waals surface area contributed by atoms with Crippen molar-refractivity contribution < 1.29 is 0 Å². The van der Waals surface area contributed by atoms with Crippen LogP contribution in [-0.4, -0.2) is 0 Å². The highest BCUT2D eigenvalue weighted by Crippen LogP contribution is 2.46. The van der Waals surface area contributed by atoms with E-state index in [2.05, 4.69) is 31.6 Å². The molecule has 0 aliphatic carbocycles. The van der Waals surface area contributed by atoms with E-state index in [0.29, 0.717) is 0 Å². The van der Waals surface area contributed by atoms with Crippen LogP contribution in [0.4, 0.5) is 5.69 Å². The first-order chi connectivity index (χ1) is 6.08. The largest absolute Gasteiger partial charge is 0.398 e. The third-order valence-electron chi connectivity index (χ3n) is 1.86. The van der Waals surface area contributed by atoms with Crippen LogP contribution in [0.3, 0.4) is 0 Å². The fourth-order valence-corrected chi connectivity index (χ4v) is 4.15. The Morgan fingerprint density at radius 3 is 2.46 bits per heavy atom. The summed E-state index contributed by atoms with van der Waals surface area (Å²) in [5.41, 5.74) is 7.91. The van der Waals surface area contributed by atoms with Crippen LogP contribution in [-0.2, 0) is 4.75 Å². The Hall–Kier alpha value is 0.0700. The summed E-state index contributed by atoms with van der Waals surface area (Å²) >= 11 is 4.14. The van der Waals surface area contributed by atoms with E-state index in [1.165, 1.54) is 15.4 Å². The molecule has 0 aliphatic rings. The molecule has 0 aromatic heterocycles. The highest BCUT2D eigenvalue weighted by atomic mass is 33.5.